The van der Waals surface area contributed by atoms with E-state index in [4.69, 9.17) is 0 Å². The normalized spacial score (nSPS) is 19.1. The van der Waals surface area contributed by atoms with Crippen molar-refractivity contribution in [1.29, 1.82) is 0 Å². The molecule has 0 saturated carbocycles. The molecule has 2 heterocycles. The van der Waals surface area contributed by atoms with Crippen LogP contribution in [0.5, 0.6) is 0 Å². The Balaban J connectivity index is 1.82. The number of rotatable bonds is 3. The minimum atomic E-state index is 0.185. The Bertz CT molecular complexity index is 622. The molecule has 1 aromatic heterocycles. The average molecular weight is 288 g/mol. The Morgan fingerprint density at radius 3 is 3.10 bits per heavy atom. The minimum Gasteiger partial charge on any atom is -0.337 e. The van der Waals surface area contributed by atoms with Gasteiger partial charge in [0, 0.05) is 23.8 Å². The van der Waals surface area contributed by atoms with Crippen LogP contribution in [-0.4, -0.2) is 48.4 Å². The van der Waals surface area contributed by atoms with Crippen LogP contribution >= 0.6 is 11.3 Å². The fraction of sp³-hybridized carbons (Fsp3) is 0.438. The van der Waals surface area contributed by atoms with Gasteiger partial charge in [-0.3, -0.25) is 4.79 Å². The molecule has 3 nitrogen and oxygen atoms in total. The Labute approximate surface area is 123 Å². The number of likely N-dealkylation sites (N-methyl/N-ethyl adjacent to an activating group) is 1. The first-order valence-corrected chi connectivity index (χ1v) is 8.04. The fourth-order valence-electron chi connectivity index (χ4n) is 2.88. The van der Waals surface area contributed by atoms with Crippen molar-refractivity contribution >= 4 is 27.3 Å². The van der Waals surface area contributed by atoms with Crippen LogP contribution in [0, 0.1) is 0 Å². The van der Waals surface area contributed by atoms with Crippen LogP contribution < -0.4 is 0 Å². The number of benzene rings is 1. The van der Waals surface area contributed by atoms with Gasteiger partial charge in [0.25, 0.3) is 5.91 Å². The molecule has 0 aliphatic carbocycles. The predicted octanol–water partition coefficient (Wildman–Crippen LogP) is 3.07. The van der Waals surface area contributed by atoms with E-state index in [2.05, 4.69) is 36.4 Å². The van der Waals surface area contributed by atoms with Gasteiger partial charge in [-0.25, -0.2) is 0 Å². The molecule has 0 radical (unpaired) electrons. The third-order valence-electron chi connectivity index (χ3n) is 4.28. The van der Waals surface area contributed by atoms with Crippen LogP contribution in [0.15, 0.2) is 29.6 Å². The van der Waals surface area contributed by atoms with Crippen molar-refractivity contribution in [2.45, 2.75) is 19.4 Å². The number of carbonyl (C=O) groups is 1. The summed E-state index contributed by atoms with van der Waals surface area (Å²) < 4.78 is 1.12. The second kappa shape index (κ2) is 5.54. The molecular formula is C16H20N2OS. The van der Waals surface area contributed by atoms with E-state index < -0.39 is 0 Å². The zero-order valence-corrected chi connectivity index (χ0v) is 12.8. The van der Waals surface area contributed by atoms with Gasteiger partial charge in [-0.15, -0.1) is 11.3 Å². The maximum Gasteiger partial charge on any atom is 0.255 e. The van der Waals surface area contributed by atoms with E-state index in [0.29, 0.717) is 6.04 Å². The van der Waals surface area contributed by atoms with Crippen molar-refractivity contribution in [3.05, 3.63) is 35.2 Å². The lowest BCUT2D eigenvalue weighted by molar-refractivity contribution is 0.0783. The molecule has 0 N–H and O–H groups in total. The van der Waals surface area contributed by atoms with Crippen molar-refractivity contribution in [3.63, 3.8) is 0 Å². The van der Waals surface area contributed by atoms with Gasteiger partial charge in [0.05, 0.1) is 5.56 Å². The highest BCUT2D eigenvalue weighted by Gasteiger charge is 2.29. The van der Waals surface area contributed by atoms with Crippen LogP contribution in [0.1, 0.15) is 23.7 Å². The van der Waals surface area contributed by atoms with Gasteiger partial charge in [-0.1, -0.05) is 19.1 Å². The second-order valence-corrected chi connectivity index (χ2v) is 6.33. The van der Waals surface area contributed by atoms with Gasteiger partial charge in [-0.05, 0) is 42.9 Å². The van der Waals surface area contributed by atoms with E-state index in [-0.39, 0.29) is 5.91 Å². The number of thiophene rings is 1. The fourth-order valence-corrected chi connectivity index (χ4v) is 3.78. The Morgan fingerprint density at radius 1 is 1.45 bits per heavy atom. The Kier molecular flexibility index (Phi) is 3.76. The first-order valence-electron chi connectivity index (χ1n) is 7.16. The third-order valence-corrected chi connectivity index (χ3v) is 5.25. The average Bonchev–Trinajstić information content (AvgIpc) is 3.13. The third kappa shape index (κ3) is 2.34. The molecule has 1 saturated heterocycles. The molecule has 0 bridgehead atoms. The molecule has 1 aromatic carbocycles. The number of hydrogen-bond acceptors (Lipinski definition) is 3. The summed E-state index contributed by atoms with van der Waals surface area (Å²) in [6.07, 6.45) is 1.08. The zero-order valence-electron chi connectivity index (χ0n) is 12.0. The number of fused-ring (bicyclic) bond motifs is 1. The number of carbonyl (C=O) groups excluding carboxylic acids is 1. The lowest BCUT2D eigenvalue weighted by Crippen LogP contribution is -2.36. The Morgan fingerprint density at radius 2 is 2.30 bits per heavy atom. The quantitative estimate of drug-likeness (QED) is 0.866. The number of nitrogens with zero attached hydrogens (tertiary/aromatic N) is 2. The summed E-state index contributed by atoms with van der Waals surface area (Å²) in [5, 5.41) is 3.22. The highest BCUT2D eigenvalue weighted by molar-refractivity contribution is 7.17. The highest BCUT2D eigenvalue weighted by atomic mass is 32.1. The summed E-state index contributed by atoms with van der Waals surface area (Å²) >= 11 is 1.65. The number of hydrogen-bond donors (Lipinski definition) is 0. The zero-order chi connectivity index (χ0) is 14.1. The minimum absolute atomic E-state index is 0.185. The van der Waals surface area contributed by atoms with E-state index in [1.54, 1.807) is 11.3 Å². The number of likely N-dealkylation sites (tertiary alicyclic amines) is 1. The maximum atomic E-state index is 12.7. The first-order chi connectivity index (χ1) is 9.70. The van der Waals surface area contributed by atoms with Crippen molar-refractivity contribution in [2.24, 2.45) is 0 Å². The van der Waals surface area contributed by atoms with Crippen LogP contribution in [0.4, 0.5) is 0 Å². The molecule has 1 unspecified atom stereocenters. The maximum absolute atomic E-state index is 12.7. The molecule has 4 heteroatoms. The second-order valence-electron chi connectivity index (χ2n) is 5.41. The van der Waals surface area contributed by atoms with E-state index in [1.165, 1.54) is 5.39 Å². The van der Waals surface area contributed by atoms with Gasteiger partial charge in [0.15, 0.2) is 0 Å². The predicted molar refractivity (Wildman–Crippen MR) is 84.4 cm³/mol. The number of amides is 1. The van der Waals surface area contributed by atoms with Crippen molar-refractivity contribution in [2.75, 3.05) is 26.7 Å². The first kappa shape index (κ1) is 13.6. The van der Waals surface area contributed by atoms with E-state index in [1.807, 2.05) is 17.0 Å². The largest absolute Gasteiger partial charge is 0.337 e. The van der Waals surface area contributed by atoms with Gasteiger partial charge in [0.1, 0.15) is 0 Å². The van der Waals surface area contributed by atoms with Crippen molar-refractivity contribution < 1.29 is 4.79 Å². The lowest BCUT2D eigenvalue weighted by atomic mass is 10.1. The monoisotopic (exact) mass is 288 g/mol. The molecule has 3 rings (SSSR count). The highest BCUT2D eigenvalue weighted by Crippen LogP contribution is 2.27. The summed E-state index contributed by atoms with van der Waals surface area (Å²) in [6, 6.07) is 8.59. The molecular weight excluding hydrogens is 268 g/mol. The van der Waals surface area contributed by atoms with Gasteiger partial charge < -0.3 is 9.80 Å². The molecule has 106 valence electrons. The molecule has 1 atom stereocenters. The molecule has 1 amide bonds. The summed E-state index contributed by atoms with van der Waals surface area (Å²) in [5.41, 5.74) is 0.859. The van der Waals surface area contributed by atoms with E-state index >= 15 is 0 Å². The summed E-state index contributed by atoms with van der Waals surface area (Å²) in [4.78, 5) is 17.1. The SMILES string of the molecule is CCN(C)C1CCN(C(=O)c2cccc3ccsc23)C1. The molecule has 1 fully saturated rings. The molecule has 1 aliphatic heterocycles. The van der Waals surface area contributed by atoms with Crippen molar-refractivity contribution in [1.82, 2.24) is 9.80 Å². The molecule has 0 spiro atoms. The topological polar surface area (TPSA) is 23.6 Å². The van der Waals surface area contributed by atoms with Crippen LogP contribution in [0.2, 0.25) is 0 Å². The summed E-state index contributed by atoms with van der Waals surface area (Å²) in [5.74, 6) is 0.185. The lowest BCUT2D eigenvalue weighted by Gasteiger charge is -2.23. The van der Waals surface area contributed by atoms with E-state index in [0.717, 1.165) is 36.3 Å². The van der Waals surface area contributed by atoms with Crippen LogP contribution in [0.25, 0.3) is 10.1 Å². The van der Waals surface area contributed by atoms with Gasteiger partial charge >= 0.3 is 0 Å². The molecule has 1 aliphatic rings. The Hall–Kier alpha value is -1.39. The van der Waals surface area contributed by atoms with E-state index in [9.17, 15) is 4.79 Å². The smallest absolute Gasteiger partial charge is 0.255 e. The van der Waals surface area contributed by atoms with Gasteiger partial charge in [0.2, 0.25) is 0 Å². The molecule has 20 heavy (non-hydrogen) atoms. The van der Waals surface area contributed by atoms with Crippen LogP contribution in [0.3, 0.4) is 0 Å². The van der Waals surface area contributed by atoms with Gasteiger partial charge in [-0.2, -0.15) is 0 Å². The molecule has 2 aromatic rings. The summed E-state index contributed by atoms with van der Waals surface area (Å²) in [7, 11) is 2.14. The standard InChI is InChI=1S/C16H20N2OS/c1-3-17(2)13-7-9-18(11-13)16(19)14-6-4-5-12-8-10-20-15(12)14/h4-6,8,10,13H,3,7,9,11H2,1-2H3. The summed E-state index contributed by atoms with van der Waals surface area (Å²) in [6.45, 7) is 4.92. The van der Waals surface area contributed by atoms with Crippen LogP contribution in [-0.2, 0) is 0 Å². The van der Waals surface area contributed by atoms with Crippen molar-refractivity contribution in [3.8, 4) is 0 Å².